The molecule has 0 saturated heterocycles. The summed E-state index contributed by atoms with van der Waals surface area (Å²) in [6, 6.07) is 4.09. The zero-order valence-electron chi connectivity index (χ0n) is 13.3. The Labute approximate surface area is 123 Å². The van der Waals surface area contributed by atoms with Crippen molar-refractivity contribution in [1.82, 2.24) is 10.3 Å². The lowest BCUT2D eigenvalue weighted by Gasteiger charge is -2.29. The predicted molar refractivity (Wildman–Crippen MR) is 82.9 cm³/mol. The minimum absolute atomic E-state index is 0.102. The molecule has 0 bridgehead atoms. The van der Waals surface area contributed by atoms with E-state index in [1.807, 2.05) is 12.3 Å². The van der Waals surface area contributed by atoms with Gasteiger partial charge in [-0.25, -0.2) is 4.98 Å². The van der Waals surface area contributed by atoms with Crippen LogP contribution in [-0.4, -0.2) is 16.6 Å². The van der Waals surface area contributed by atoms with Crippen molar-refractivity contribution in [2.24, 2.45) is 5.92 Å². The zero-order chi connectivity index (χ0) is 14.6. The summed E-state index contributed by atoms with van der Waals surface area (Å²) in [5, 5.41) is 3.51. The number of ether oxygens (including phenoxy) is 1. The third kappa shape index (κ3) is 4.48. The molecule has 20 heavy (non-hydrogen) atoms. The van der Waals surface area contributed by atoms with Gasteiger partial charge in [-0.1, -0.05) is 19.4 Å². The molecule has 0 spiro atoms. The number of aromatic nitrogens is 1. The first-order valence-corrected chi connectivity index (χ1v) is 7.81. The monoisotopic (exact) mass is 276 g/mol. The minimum atomic E-state index is 0.102. The van der Waals surface area contributed by atoms with E-state index < -0.39 is 0 Å². The average Bonchev–Trinajstić information content (AvgIpc) is 2.39. The van der Waals surface area contributed by atoms with Crippen molar-refractivity contribution in [2.45, 2.75) is 71.6 Å². The highest BCUT2D eigenvalue weighted by atomic mass is 16.5. The van der Waals surface area contributed by atoms with Crippen LogP contribution in [0, 0.1) is 5.92 Å². The summed E-state index contributed by atoms with van der Waals surface area (Å²) in [5.74, 6) is 1.44. The average molecular weight is 276 g/mol. The Morgan fingerprint density at radius 1 is 1.30 bits per heavy atom. The molecule has 1 aliphatic rings. The van der Waals surface area contributed by atoms with Crippen molar-refractivity contribution in [2.75, 3.05) is 0 Å². The lowest BCUT2D eigenvalue weighted by atomic mass is 9.88. The normalized spacial score (nSPS) is 23.6. The van der Waals surface area contributed by atoms with E-state index in [-0.39, 0.29) is 5.54 Å². The van der Waals surface area contributed by atoms with E-state index >= 15 is 0 Å². The Bertz CT molecular complexity index is 425. The van der Waals surface area contributed by atoms with E-state index in [1.165, 1.54) is 19.3 Å². The second-order valence-electron chi connectivity index (χ2n) is 6.99. The van der Waals surface area contributed by atoms with Crippen molar-refractivity contribution in [3.8, 4) is 5.88 Å². The molecule has 0 aromatic carbocycles. The molecule has 1 heterocycles. The van der Waals surface area contributed by atoms with Gasteiger partial charge in [-0.15, -0.1) is 0 Å². The highest BCUT2D eigenvalue weighted by molar-refractivity contribution is 5.25. The Morgan fingerprint density at radius 3 is 2.75 bits per heavy atom. The second-order valence-corrected chi connectivity index (χ2v) is 6.99. The van der Waals surface area contributed by atoms with Crippen molar-refractivity contribution in [3.63, 3.8) is 0 Å². The number of rotatable bonds is 4. The molecular weight excluding hydrogens is 248 g/mol. The van der Waals surface area contributed by atoms with Crippen LogP contribution in [0.5, 0.6) is 5.88 Å². The smallest absolute Gasteiger partial charge is 0.218 e. The molecule has 0 amide bonds. The zero-order valence-corrected chi connectivity index (χ0v) is 13.3. The van der Waals surface area contributed by atoms with Gasteiger partial charge in [-0.2, -0.15) is 0 Å². The molecule has 2 rings (SSSR count). The summed E-state index contributed by atoms with van der Waals surface area (Å²) < 4.78 is 6.21. The Hall–Kier alpha value is -1.09. The molecule has 2 atom stereocenters. The Kier molecular flexibility index (Phi) is 5.03. The van der Waals surface area contributed by atoms with Gasteiger partial charge in [0.15, 0.2) is 0 Å². The largest absolute Gasteiger partial charge is 0.474 e. The van der Waals surface area contributed by atoms with Gasteiger partial charge in [0.05, 0.1) is 0 Å². The first-order valence-electron chi connectivity index (χ1n) is 7.81. The fourth-order valence-corrected chi connectivity index (χ4v) is 2.63. The van der Waals surface area contributed by atoms with E-state index in [0.717, 1.165) is 24.4 Å². The maximum Gasteiger partial charge on any atom is 0.218 e. The van der Waals surface area contributed by atoms with E-state index in [0.29, 0.717) is 12.0 Å². The fourth-order valence-electron chi connectivity index (χ4n) is 2.63. The number of nitrogens with zero attached hydrogens (tertiary/aromatic N) is 1. The molecule has 0 aliphatic heterocycles. The number of hydrogen-bond donors (Lipinski definition) is 1. The van der Waals surface area contributed by atoms with Crippen LogP contribution in [0.15, 0.2) is 18.3 Å². The van der Waals surface area contributed by atoms with Crippen LogP contribution >= 0.6 is 0 Å². The standard InChI is InChI=1S/C17H28N2O/c1-13-8-5-6-10-15(13)20-16-14(9-7-11-18-16)12-19-17(2,3)4/h7,9,11,13,15,19H,5-6,8,10,12H2,1-4H3. The lowest BCUT2D eigenvalue weighted by Crippen LogP contribution is -2.35. The van der Waals surface area contributed by atoms with Crippen LogP contribution in [0.2, 0.25) is 0 Å². The third-order valence-electron chi connectivity index (χ3n) is 3.95. The van der Waals surface area contributed by atoms with Gasteiger partial charge in [0.1, 0.15) is 6.10 Å². The van der Waals surface area contributed by atoms with Crippen LogP contribution in [0.1, 0.15) is 58.9 Å². The van der Waals surface area contributed by atoms with Crippen molar-refractivity contribution >= 4 is 0 Å². The van der Waals surface area contributed by atoms with Crippen molar-refractivity contribution < 1.29 is 4.74 Å². The summed E-state index contributed by atoms with van der Waals surface area (Å²) in [5.41, 5.74) is 1.26. The van der Waals surface area contributed by atoms with Crippen LogP contribution in [0.4, 0.5) is 0 Å². The van der Waals surface area contributed by atoms with Gasteiger partial charge in [0.2, 0.25) is 5.88 Å². The van der Waals surface area contributed by atoms with Crippen molar-refractivity contribution in [3.05, 3.63) is 23.9 Å². The summed E-state index contributed by atoms with van der Waals surface area (Å²) in [6.07, 6.45) is 7.19. The van der Waals surface area contributed by atoms with Gasteiger partial charge in [-0.05, 0) is 52.0 Å². The van der Waals surface area contributed by atoms with Gasteiger partial charge in [-0.3, -0.25) is 0 Å². The van der Waals surface area contributed by atoms with Crippen molar-refractivity contribution in [1.29, 1.82) is 0 Å². The SMILES string of the molecule is CC1CCCCC1Oc1ncccc1CNC(C)(C)C. The highest BCUT2D eigenvalue weighted by Gasteiger charge is 2.24. The number of hydrogen-bond acceptors (Lipinski definition) is 3. The van der Waals surface area contributed by atoms with E-state index in [1.54, 1.807) is 0 Å². The van der Waals surface area contributed by atoms with E-state index in [4.69, 9.17) is 4.74 Å². The summed E-state index contributed by atoms with van der Waals surface area (Å²) in [7, 11) is 0. The van der Waals surface area contributed by atoms with Crippen LogP contribution in [0.3, 0.4) is 0 Å². The van der Waals surface area contributed by atoms with Crippen LogP contribution in [-0.2, 0) is 6.54 Å². The first-order chi connectivity index (χ1) is 9.46. The van der Waals surface area contributed by atoms with Gasteiger partial charge in [0.25, 0.3) is 0 Å². The Balaban J connectivity index is 2.03. The third-order valence-corrected chi connectivity index (χ3v) is 3.95. The first kappa shape index (κ1) is 15.3. The summed E-state index contributed by atoms with van der Waals surface area (Å²) in [6.45, 7) is 9.61. The molecule has 3 nitrogen and oxygen atoms in total. The maximum absolute atomic E-state index is 6.21. The molecule has 2 unspecified atom stereocenters. The molecule has 1 aromatic heterocycles. The van der Waals surface area contributed by atoms with Gasteiger partial charge in [0, 0.05) is 23.8 Å². The quantitative estimate of drug-likeness (QED) is 0.905. The summed E-state index contributed by atoms with van der Waals surface area (Å²) >= 11 is 0. The molecule has 1 saturated carbocycles. The maximum atomic E-state index is 6.21. The predicted octanol–water partition coefficient (Wildman–Crippen LogP) is 3.93. The molecule has 1 aromatic rings. The number of nitrogens with one attached hydrogen (secondary N) is 1. The molecule has 3 heteroatoms. The topological polar surface area (TPSA) is 34.1 Å². The summed E-state index contributed by atoms with van der Waals surface area (Å²) in [4.78, 5) is 4.45. The Morgan fingerprint density at radius 2 is 2.05 bits per heavy atom. The fraction of sp³-hybridized carbons (Fsp3) is 0.706. The minimum Gasteiger partial charge on any atom is -0.474 e. The molecule has 1 aliphatic carbocycles. The van der Waals surface area contributed by atoms with Gasteiger partial charge < -0.3 is 10.1 Å². The van der Waals surface area contributed by atoms with Crippen LogP contribution < -0.4 is 10.1 Å². The highest BCUT2D eigenvalue weighted by Crippen LogP contribution is 2.28. The molecule has 0 radical (unpaired) electrons. The van der Waals surface area contributed by atoms with Gasteiger partial charge >= 0.3 is 0 Å². The molecule has 112 valence electrons. The molecule has 1 N–H and O–H groups in total. The molecule has 1 fully saturated rings. The lowest BCUT2D eigenvalue weighted by molar-refractivity contribution is 0.0961. The number of pyridine rings is 1. The molecular formula is C17H28N2O. The second kappa shape index (κ2) is 6.57. The van der Waals surface area contributed by atoms with Crippen LogP contribution in [0.25, 0.3) is 0 Å². The van der Waals surface area contributed by atoms with E-state index in [2.05, 4.69) is 44.1 Å². The van der Waals surface area contributed by atoms with E-state index in [9.17, 15) is 0 Å².